The molecular formula is C25H27N5O2. The van der Waals surface area contributed by atoms with Gasteiger partial charge in [-0.1, -0.05) is 18.2 Å². The number of hydrogen-bond donors (Lipinski definition) is 2. The molecule has 32 heavy (non-hydrogen) atoms. The van der Waals surface area contributed by atoms with Crippen LogP contribution in [-0.4, -0.2) is 28.3 Å². The lowest BCUT2D eigenvalue weighted by molar-refractivity contribution is -0.122. The number of anilines is 3. The summed E-state index contributed by atoms with van der Waals surface area (Å²) in [7, 11) is 0. The van der Waals surface area contributed by atoms with Crippen LogP contribution in [0.3, 0.4) is 0 Å². The van der Waals surface area contributed by atoms with Gasteiger partial charge in [0.25, 0.3) is 0 Å². The lowest BCUT2D eigenvalue weighted by Crippen LogP contribution is -2.28. The average Bonchev–Trinajstić information content (AvgIpc) is 3.17. The molecule has 0 bridgehead atoms. The van der Waals surface area contributed by atoms with Crippen LogP contribution in [0.25, 0.3) is 0 Å². The van der Waals surface area contributed by atoms with Crippen LogP contribution in [-0.2, 0) is 9.59 Å². The number of carbonyl (C=O) groups excluding carboxylic acids is 2. The maximum atomic E-state index is 12.7. The predicted molar refractivity (Wildman–Crippen MR) is 126 cm³/mol. The number of hydrogen-bond acceptors (Lipinski definition) is 5. The van der Waals surface area contributed by atoms with Crippen molar-refractivity contribution in [2.24, 2.45) is 5.92 Å². The molecule has 0 saturated carbocycles. The summed E-state index contributed by atoms with van der Waals surface area (Å²) in [6.07, 6.45) is 0.216. The number of amides is 2. The molecule has 1 aliphatic rings. The third-order valence-corrected chi connectivity index (χ3v) is 5.49. The second-order valence-electron chi connectivity index (χ2n) is 8.18. The van der Waals surface area contributed by atoms with E-state index in [-0.39, 0.29) is 30.2 Å². The van der Waals surface area contributed by atoms with E-state index >= 15 is 0 Å². The molecule has 0 aliphatic carbocycles. The number of aryl methyl sites for hydroxylation is 2. The van der Waals surface area contributed by atoms with E-state index in [4.69, 9.17) is 0 Å². The molecule has 7 nitrogen and oxygen atoms in total. The minimum Gasteiger partial charge on any atom is -0.375 e. The SMILES string of the molecule is Cc1cc(C)nc(C(C)Nc2ccc(NC(=O)C3CC(=O)N(c4ccccc4)C3)cc2)n1. The fraction of sp³-hybridized carbons (Fsp3) is 0.280. The summed E-state index contributed by atoms with van der Waals surface area (Å²) in [4.78, 5) is 35.8. The zero-order chi connectivity index (χ0) is 22.7. The van der Waals surface area contributed by atoms with Crippen LogP contribution in [0.2, 0.25) is 0 Å². The molecule has 0 spiro atoms. The van der Waals surface area contributed by atoms with Gasteiger partial charge < -0.3 is 15.5 Å². The zero-order valence-electron chi connectivity index (χ0n) is 18.5. The van der Waals surface area contributed by atoms with Gasteiger partial charge in [-0.05, 0) is 63.2 Å². The second kappa shape index (κ2) is 9.18. The standard InChI is InChI=1S/C25H27N5O2/c1-16-13-17(2)27-24(26-16)18(3)28-20-9-11-21(12-10-20)29-25(32)19-14-23(31)30(15-19)22-7-5-4-6-8-22/h4-13,18-19,28H,14-15H2,1-3H3,(H,29,32). The van der Waals surface area contributed by atoms with Crippen LogP contribution in [0.4, 0.5) is 17.1 Å². The van der Waals surface area contributed by atoms with Crippen LogP contribution in [0.5, 0.6) is 0 Å². The van der Waals surface area contributed by atoms with Gasteiger partial charge >= 0.3 is 0 Å². The van der Waals surface area contributed by atoms with E-state index in [0.29, 0.717) is 12.2 Å². The van der Waals surface area contributed by atoms with Crippen molar-refractivity contribution in [3.63, 3.8) is 0 Å². The van der Waals surface area contributed by atoms with Gasteiger partial charge in [0.1, 0.15) is 0 Å². The molecule has 1 saturated heterocycles. The molecular weight excluding hydrogens is 402 g/mol. The number of aromatic nitrogens is 2. The topological polar surface area (TPSA) is 87.2 Å². The molecule has 2 unspecified atom stereocenters. The van der Waals surface area contributed by atoms with Gasteiger partial charge in [0.15, 0.2) is 5.82 Å². The number of nitrogens with zero attached hydrogens (tertiary/aromatic N) is 3. The van der Waals surface area contributed by atoms with Gasteiger partial charge in [-0.3, -0.25) is 9.59 Å². The van der Waals surface area contributed by atoms with Crippen molar-refractivity contribution in [2.45, 2.75) is 33.2 Å². The smallest absolute Gasteiger partial charge is 0.229 e. The molecule has 2 amide bonds. The van der Waals surface area contributed by atoms with Crippen molar-refractivity contribution in [2.75, 3.05) is 22.1 Å². The fourth-order valence-corrected chi connectivity index (χ4v) is 3.90. The summed E-state index contributed by atoms with van der Waals surface area (Å²) in [5.41, 5.74) is 4.31. The number of carbonyl (C=O) groups is 2. The first kappa shape index (κ1) is 21.5. The maximum absolute atomic E-state index is 12.7. The van der Waals surface area contributed by atoms with Gasteiger partial charge in [0.2, 0.25) is 11.8 Å². The van der Waals surface area contributed by atoms with Gasteiger partial charge in [0.05, 0.1) is 12.0 Å². The molecule has 1 aromatic heterocycles. The van der Waals surface area contributed by atoms with E-state index in [2.05, 4.69) is 20.6 Å². The van der Waals surface area contributed by atoms with Crippen molar-refractivity contribution in [1.82, 2.24) is 9.97 Å². The minimum atomic E-state index is -0.373. The molecule has 1 fully saturated rings. The lowest BCUT2D eigenvalue weighted by atomic mass is 10.1. The highest BCUT2D eigenvalue weighted by Crippen LogP contribution is 2.26. The normalized spacial score (nSPS) is 16.7. The first-order valence-corrected chi connectivity index (χ1v) is 10.7. The van der Waals surface area contributed by atoms with Crippen molar-refractivity contribution in [3.05, 3.63) is 77.9 Å². The Hall–Kier alpha value is -3.74. The second-order valence-corrected chi connectivity index (χ2v) is 8.18. The minimum absolute atomic E-state index is 0.0292. The fourth-order valence-electron chi connectivity index (χ4n) is 3.90. The van der Waals surface area contributed by atoms with Crippen LogP contribution >= 0.6 is 0 Å². The molecule has 3 aromatic rings. The highest BCUT2D eigenvalue weighted by molar-refractivity contribution is 6.03. The summed E-state index contributed by atoms with van der Waals surface area (Å²) in [6, 6.07) is 18.9. The Labute approximate surface area is 187 Å². The van der Waals surface area contributed by atoms with Crippen LogP contribution in [0.15, 0.2) is 60.7 Å². The molecule has 164 valence electrons. The molecule has 4 rings (SSSR count). The van der Waals surface area contributed by atoms with Crippen LogP contribution in [0.1, 0.15) is 36.6 Å². The van der Waals surface area contributed by atoms with Crippen LogP contribution < -0.4 is 15.5 Å². The Morgan fingerprint density at radius 2 is 1.62 bits per heavy atom. The van der Waals surface area contributed by atoms with E-state index in [1.54, 1.807) is 4.90 Å². The molecule has 1 aliphatic heterocycles. The number of benzene rings is 2. The zero-order valence-corrected chi connectivity index (χ0v) is 18.5. The molecule has 2 aromatic carbocycles. The largest absolute Gasteiger partial charge is 0.375 e. The Morgan fingerprint density at radius 1 is 1.00 bits per heavy atom. The number of rotatable bonds is 6. The van der Waals surface area contributed by atoms with Gasteiger partial charge in [-0.2, -0.15) is 0 Å². The first-order valence-electron chi connectivity index (χ1n) is 10.7. The number of para-hydroxylation sites is 1. The van der Waals surface area contributed by atoms with E-state index in [0.717, 1.165) is 28.6 Å². The van der Waals surface area contributed by atoms with Gasteiger partial charge in [0, 0.05) is 41.4 Å². The van der Waals surface area contributed by atoms with E-state index < -0.39 is 0 Å². The monoisotopic (exact) mass is 429 g/mol. The molecule has 7 heteroatoms. The molecule has 0 radical (unpaired) electrons. The Morgan fingerprint density at radius 3 is 2.28 bits per heavy atom. The van der Waals surface area contributed by atoms with Gasteiger partial charge in [-0.15, -0.1) is 0 Å². The Balaban J connectivity index is 1.35. The van der Waals surface area contributed by atoms with Crippen molar-refractivity contribution >= 4 is 28.9 Å². The Bertz CT molecular complexity index is 1090. The molecule has 2 atom stereocenters. The third kappa shape index (κ3) is 4.94. The summed E-state index contributed by atoms with van der Waals surface area (Å²) in [5, 5.41) is 6.32. The molecule has 2 heterocycles. The summed E-state index contributed by atoms with van der Waals surface area (Å²) < 4.78 is 0. The predicted octanol–water partition coefficient (Wildman–Crippen LogP) is 4.26. The van der Waals surface area contributed by atoms with E-state index in [1.165, 1.54) is 0 Å². The van der Waals surface area contributed by atoms with Crippen LogP contribution in [0, 0.1) is 19.8 Å². The summed E-state index contributed by atoms with van der Waals surface area (Å²) in [6.45, 7) is 6.32. The maximum Gasteiger partial charge on any atom is 0.229 e. The van der Waals surface area contributed by atoms with Crippen molar-refractivity contribution in [3.8, 4) is 0 Å². The summed E-state index contributed by atoms with van der Waals surface area (Å²) >= 11 is 0. The van der Waals surface area contributed by atoms with E-state index in [9.17, 15) is 9.59 Å². The highest BCUT2D eigenvalue weighted by Gasteiger charge is 2.35. The highest BCUT2D eigenvalue weighted by atomic mass is 16.2. The number of nitrogens with one attached hydrogen (secondary N) is 2. The van der Waals surface area contributed by atoms with Crippen molar-refractivity contribution in [1.29, 1.82) is 0 Å². The van der Waals surface area contributed by atoms with Crippen molar-refractivity contribution < 1.29 is 9.59 Å². The first-order chi connectivity index (χ1) is 15.4. The third-order valence-electron chi connectivity index (χ3n) is 5.49. The Kier molecular flexibility index (Phi) is 6.16. The lowest BCUT2D eigenvalue weighted by Gasteiger charge is -2.17. The van der Waals surface area contributed by atoms with E-state index in [1.807, 2.05) is 81.4 Å². The quantitative estimate of drug-likeness (QED) is 0.611. The molecule has 2 N–H and O–H groups in total. The summed E-state index contributed by atoms with van der Waals surface area (Å²) in [5.74, 6) is 0.198. The van der Waals surface area contributed by atoms with Gasteiger partial charge in [-0.25, -0.2) is 9.97 Å². The average molecular weight is 430 g/mol.